The molecule has 0 saturated carbocycles. The van der Waals surface area contributed by atoms with Gasteiger partial charge in [0, 0.05) is 4.47 Å². The lowest BCUT2D eigenvalue weighted by atomic mass is 10.3. The number of nitrogens with two attached hydrogens (primary N) is 1. The second-order valence-electron chi connectivity index (χ2n) is 4.17. The Balaban J connectivity index is 1.81. The van der Waals surface area contributed by atoms with E-state index in [2.05, 4.69) is 36.8 Å². The van der Waals surface area contributed by atoms with Crippen molar-refractivity contribution in [1.82, 2.24) is 4.98 Å². The molecule has 0 amide bonds. The average molecular weight is 398 g/mol. The van der Waals surface area contributed by atoms with Gasteiger partial charge in [-0.2, -0.15) is 0 Å². The van der Waals surface area contributed by atoms with Gasteiger partial charge < -0.3 is 14.9 Å². The molecule has 0 bridgehead atoms. The van der Waals surface area contributed by atoms with E-state index in [0.717, 1.165) is 14.7 Å². The maximum absolute atomic E-state index is 5.84. The number of nitrogens with zero attached hydrogens (tertiary/aromatic N) is 1. The smallest absolute Gasteiger partial charge is 0.233 e. The molecule has 1 heterocycles. The minimum atomic E-state index is 0.244. The van der Waals surface area contributed by atoms with Crippen LogP contribution < -0.4 is 10.5 Å². The lowest BCUT2D eigenvalue weighted by Gasteiger charge is -2.05. The Hall–Kier alpha value is -1.53. The topological polar surface area (TPSA) is 61.3 Å². The van der Waals surface area contributed by atoms with E-state index >= 15 is 0 Å². The number of nitrogen functional groups attached to an aromatic ring is 1. The first-order valence-electron chi connectivity index (χ1n) is 5.85. The van der Waals surface area contributed by atoms with Crippen LogP contribution in [0.1, 0.15) is 5.89 Å². The summed E-state index contributed by atoms with van der Waals surface area (Å²) in [5.41, 5.74) is 7.77. The second-order valence-corrected chi connectivity index (χ2v) is 5.94. The molecule has 0 unspecified atom stereocenters. The second kappa shape index (κ2) is 5.46. The van der Waals surface area contributed by atoms with Crippen LogP contribution in [0.3, 0.4) is 0 Å². The third kappa shape index (κ3) is 2.66. The van der Waals surface area contributed by atoms with Crippen molar-refractivity contribution in [3.8, 4) is 5.75 Å². The summed E-state index contributed by atoms with van der Waals surface area (Å²) in [6.45, 7) is 0.244. The fourth-order valence-electron chi connectivity index (χ4n) is 1.81. The number of ether oxygens (including phenoxy) is 1. The Kier molecular flexibility index (Phi) is 3.67. The summed E-state index contributed by atoms with van der Waals surface area (Å²) in [6, 6.07) is 11.1. The van der Waals surface area contributed by atoms with Gasteiger partial charge in [0.05, 0.1) is 10.2 Å². The number of benzene rings is 2. The summed E-state index contributed by atoms with van der Waals surface area (Å²) in [4.78, 5) is 4.33. The van der Waals surface area contributed by atoms with Gasteiger partial charge in [0.25, 0.3) is 0 Å². The summed E-state index contributed by atoms with van der Waals surface area (Å²) in [7, 11) is 0. The molecule has 0 radical (unpaired) electrons. The molecule has 0 aliphatic heterocycles. The molecule has 3 aromatic rings. The summed E-state index contributed by atoms with van der Waals surface area (Å²) >= 11 is 6.83. The van der Waals surface area contributed by atoms with Gasteiger partial charge in [-0.1, -0.05) is 22.0 Å². The van der Waals surface area contributed by atoms with E-state index in [9.17, 15) is 0 Å². The van der Waals surface area contributed by atoms with Crippen LogP contribution in [0, 0.1) is 0 Å². The van der Waals surface area contributed by atoms with Crippen LogP contribution in [0.25, 0.3) is 11.1 Å². The molecule has 1 aromatic heterocycles. The van der Waals surface area contributed by atoms with Crippen molar-refractivity contribution in [2.45, 2.75) is 6.61 Å². The number of rotatable bonds is 3. The van der Waals surface area contributed by atoms with Gasteiger partial charge in [-0.25, -0.2) is 4.98 Å². The monoisotopic (exact) mass is 396 g/mol. The molecular weight excluding hydrogens is 388 g/mol. The standard InChI is InChI=1S/C14H10Br2N2O2/c15-8-4-5-11(9(16)6-8)19-7-13-18-14-10(17)2-1-3-12(14)20-13/h1-6H,7,17H2. The highest BCUT2D eigenvalue weighted by molar-refractivity contribution is 9.11. The molecular formula is C14H10Br2N2O2. The maximum Gasteiger partial charge on any atom is 0.233 e. The highest BCUT2D eigenvalue weighted by Gasteiger charge is 2.09. The molecule has 0 atom stereocenters. The minimum absolute atomic E-state index is 0.244. The van der Waals surface area contributed by atoms with Gasteiger partial charge in [0.1, 0.15) is 11.3 Å². The quantitative estimate of drug-likeness (QED) is 0.660. The van der Waals surface area contributed by atoms with Crippen molar-refractivity contribution < 1.29 is 9.15 Å². The van der Waals surface area contributed by atoms with Crippen molar-refractivity contribution in [2.75, 3.05) is 5.73 Å². The Morgan fingerprint density at radius 2 is 2.05 bits per heavy atom. The summed E-state index contributed by atoms with van der Waals surface area (Å²) in [6.07, 6.45) is 0. The van der Waals surface area contributed by atoms with Gasteiger partial charge in [0.15, 0.2) is 12.2 Å². The molecule has 20 heavy (non-hydrogen) atoms. The highest BCUT2D eigenvalue weighted by Crippen LogP contribution is 2.29. The third-order valence-corrected chi connectivity index (χ3v) is 3.85. The SMILES string of the molecule is Nc1cccc2oc(COc3ccc(Br)cc3Br)nc12. The van der Waals surface area contributed by atoms with Gasteiger partial charge in [-0.15, -0.1) is 0 Å². The van der Waals surface area contributed by atoms with Crippen molar-refractivity contribution in [2.24, 2.45) is 0 Å². The van der Waals surface area contributed by atoms with Crippen LogP contribution in [0.2, 0.25) is 0 Å². The van der Waals surface area contributed by atoms with Crippen LogP contribution >= 0.6 is 31.9 Å². The fraction of sp³-hybridized carbons (Fsp3) is 0.0714. The summed E-state index contributed by atoms with van der Waals surface area (Å²) < 4.78 is 13.1. The van der Waals surface area contributed by atoms with Gasteiger partial charge >= 0.3 is 0 Å². The molecule has 4 nitrogen and oxygen atoms in total. The van der Waals surface area contributed by atoms with Crippen LogP contribution in [0.4, 0.5) is 5.69 Å². The van der Waals surface area contributed by atoms with E-state index in [1.54, 1.807) is 6.07 Å². The van der Waals surface area contributed by atoms with E-state index in [-0.39, 0.29) is 6.61 Å². The van der Waals surface area contributed by atoms with E-state index in [1.807, 2.05) is 30.3 Å². The Morgan fingerprint density at radius 1 is 1.20 bits per heavy atom. The number of para-hydroxylation sites is 1. The zero-order valence-corrected chi connectivity index (χ0v) is 13.4. The van der Waals surface area contributed by atoms with E-state index < -0.39 is 0 Å². The Morgan fingerprint density at radius 3 is 2.80 bits per heavy atom. The van der Waals surface area contributed by atoms with Crippen molar-refractivity contribution >= 4 is 48.6 Å². The average Bonchev–Trinajstić information content (AvgIpc) is 2.82. The first-order chi connectivity index (χ1) is 9.63. The van der Waals surface area contributed by atoms with Crippen LogP contribution in [0.15, 0.2) is 49.8 Å². The number of hydrogen-bond donors (Lipinski definition) is 1. The van der Waals surface area contributed by atoms with E-state index in [0.29, 0.717) is 22.7 Å². The number of anilines is 1. The molecule has 2 aromatic carbocycles. The van der Waals surface area contributed by atoms with Gasteiger partial charge in [-0.3, -0.25) is 0 Å². The van der Waals surface area contributed by atoms with Crippen molar-refractivity contribution in [3.05, 3.63) is 51.2 Å². The maximum atomic E-state index is 5.84. The number of hydrogen-bond acceptors (Lipinski definition) is 4. The molecule has 0 spiro atoms. The predicted octanol–water partition coefficient (Wildman–Crippen LogP) is 4.51. The predicted molar refractivity (Wildman–Crippen MR) is 84.6 cm³/mol. The number of halogens is 2. The minimum Gasteiger partial charge on any atom is -0.483 e. The summed E-state index contributed by atoms with van der Waals surface area (Å²) in [5.74, 6) is 1.22. The van der Waals surface area contributed by atoms with E-state index in [4.69, 9.17) is 14.9 Å². The van der Waals surface area contributed by atoms with Gasteiger partial charge in [-0.05, 0) is 46.3 Å². The van der Waals surface area contributed by atoms with Crippen molar-refractivity contribution in [3.63, 3.8) is 0 Å². The molecule has 6 heteroatoms. The van der Waals surface area contributed by atoms with Crippen LogP contribution in [-0.2, 0) is 6.61 Å². The third-order valence-electron chi connectivity index (χ3n) is 2.74. The Labute approximate surface area is 132 Å². The van der Waals surface area contributed by atoms with E-state index in [1.165, 1.54) is 0 Å². The zero-order valence-electron chi connectivity index (χ0n) is 10.3. The zero-order chi connectivity index (χ0) is 14.1. The highest BCUT2D eigenvalue weighted by atomic mass is 79.9. The number of fused-ring (bicyclic) bond motifs is 1. The molecule has 102 valence electrons. The number of oxazole rings is 1. The molecule has 0 aliphatic carbocycles. The molecule has 2 N–H and O–H groups in total. The lowest BCUT2D eigenvalue weighted by Crippen LogP contribution is -1.96. The first-order valence-corrected chi connectivity index (χ1v) is 7.44. The Bertz CT molecular complexity index is 771. The van der Waals surface area contributed by atoms with Crippen LogP contribution in [-0.4, -0.2) is 4.98 Å². The first kappa shape index (κ1) is 13.5. The van der Waals surface area contributed by atoms with Crippen molar-refractivity contribution in [1.29, 1.82) is 0 Å². The molecule has 0 fully saturated rings. The number of aromatic nitrogens is 1. The molecule has 3 rings (SSSR count). The lowest BCUT2D eigenvalue weighted by molar-refractivity contribution is 0.265. The van der Waals surface area contributed by atoms with Gasteiger partial charge in [0.2, 0.25) is 5.89 Å². The summed E-state index contributed by atoms with van der Waals surface area (Å²) in [5, 5.41) is 0. The van der Waals surface area contributed by atoms with Crippen LogP contribution in [0.5, 0.6) is 5.75 Å². The molecule has 0 saturated heterocycles. The largest absolute Gasteiger partial charge is 0.483 e. The normalized spacial score (nSPS) is 10.9. The molecule has 0 aliphatic rings. The fourth-order valence-corrected chi connectivity index (χ4v) is 2.97.